The lowest BCUT2D eigenvalue weighted by Crippen LogP contribution is -2.40. The Morgan fingerprint density at radius 2 is 1.59 bits per heavy atom. The van der Waals surface area contributed by atoms with Crippen molar-refractivity contribution in [1.29, 1.82) is 0 Å². The Kier molecular flexibility index (Phi) is 5.41. The second kappa shape index (κ2) is 8.09. The van der Waals surface area contributed by atoms with E-state index in [1.807, 2.05) is 12.1 Å². The summed E-state index contributed by atoms with van der Waals surface area (Å²) in [7, 11) is 0. The van der Waals surface area contributed by atoms with Gasteiger partial charge < -0.3 is 11.1 Å². The molecule has 0 saturated carbocycles. The van der Waals surface area contributed by atoms with Gasteiger partial charge >= 0.3 is 0 Å². The molecule has 134 valence electrons. The molecule has 0 bridgehead atoms. The Hall–Kier alpha value is -3.74. The van der Waals surface area contributed by atoms with Crippen LogP contribution in [-0.4, -0.2) is 34.7 Å². The summed E-state index contributed by atoms with van der Waals surface area (Å²) in [5, 5.41) is 12.5. The molecule has 1 fully saturated rings. The fourth-order valence-electron chi connectivity index (χ4n) is 2.52. The molecule has 6 nitrogen and oxygen atoms in total. The van der Waals surface area contributed by atoms with E-state index in [4.69, 9.17) is 5.73 Å². The predicted molar refractivity (Wildman–Crippen MR) is 100 cm³/mol. The summed E-state index contributed by atoms with van der Waals surface area (Å²) in [4.78, 5) is 23.8. The summed E-state index contributed by atoms with van der Waals surface area (Å²) in [6.07, 6.45) is 0.386. The van der Waals surface area contributed by atoms with E-state index in [1.165, 1.54) is 0 Å². The number of nitrogens with one attached hydrogen (secondary N) is 1. The van der Waals surface area contributed by atoms with E-state index in [0.717, 1.165) is 11.1 Å². The summed E-state index contributed by atoms with van der Waals surface area (Å²) in [5.41, 5.74) is 8.26. The highest BCUT2D eigenvalue weighted by atomic mass is 16.5. The maximum atomic E-state index is 12.2. The van der Waals surface area contributed by atoms with Crippen LogP contribution in [0.15, 0.2) is 48.5 Å². The number of nitrogen functional groups attached to an aromatic ring is 1. The smallest absolute Gasteiger partial charge is 0.268 e. The number of carbonyl (C=O) groups excluding carboxylic acids is 2. The summed E-state index contributed by atoms with van der Waals surface area (Å²) in [5.74, 6) is 10.5. The number of nitrogens with zero attached hydrogens (tertiary/aromatic N) is 1. The molecule has 3 rings (SSSR count). The van der Waals surface area contributed by atoms with Crippen molar-refractivity contribution in [1.82, 2.24) is 10.4 Å². The monoisotopic (exact) mass is 359 g/mol. The molecule has 1 saturated heterocycles. The first-order chi connectivity index (χ1) is 13.0. The Morgan fingerprint density at radius 3 is 2.11 bits per heavy atom. The lowest BCUT2D eigenvalue weighted by atomic mass is 10.1. The molecule has 2 amide bonds. The van der Waals surface area contributed by atoms with Gasteiger partial charge in [-0.15, -0.1) is 0 Å². The molecule has 0 aliphatic carbocycles. The molecule has 6 heteroatoms. The van der Waals surface area contributed by atoms with Crippen molar-refractivity contribution in [2.75, 3.05) is 12.3 Å². The normalized spacial score (nSPS) is 15.4. The number of nitrogens with two attached hydrogens (primary N) is 1. The standard InChI is InChI=1S/C21H17N3O3/c22-18-11-7-16(8-12-18)4-2-1-3-15-5-9-17(10-6-15)20(25)23-19-13-14-24(27)21(19)26/h5-12,19,27H,13-14,22H2,(H,23,25)/t19-/m1/s1. The van der Waals surface area contributed by atoms with Crippen molar-refractivity contribution in [3.05, 3.63) is 65.2 Å². The number of hydroxylamine groups is 2. The number of amides is 2. The molecule has 0 aromatic heterocycles. The molecule has 27 heavy (non-hydrogen) atoms. The van der Waals surface area contributed by atoms with Gasteiger partial charge in [0.1, 0.15) is 6.04 Å². The molecular formula is C21H17N3O3. The number of rotatable bonds is 2. The van der Waals surface area contributed by atoms with Crippen LogP contribution >= 0.6 is 0 Å². The van der Waals surface area contributed by atoms with Gasteiger partial charge in [0.25, 0.3) is 11.8 Å². The van der Waals surface area contributed by atoms with Crippen LogP contribution in [-0.2, 0) is 4.79 Å². The number of anilines is 1. The Bertz CT molecular complexity index is 974. The number of benzene rings is 2. The topological polar surface area (TPSA) is 95.7 Å². The zero-order chi connectivity index (χ0) is 19.2. The quantitative estimate of drug-likeness (QED) is 0.429. The van der Waals surface area contributed by atoms with E-state index in [9.17, 15) is 14.8 Å². The number of hydrogen-bond acceptors (Lipinski definition) is 4. The number of carbonyl (C=O) groups is 2. The first-order valence-corrected chi connectivity index (χ1v) is 8.32. The average molecular weight is 359 g/mol. The van der Waals surface area contributed by atoms with Crippen LogP contribution in [0.2, 0.25) is 0 Å². The van der Waals surface area contributed by atoms with E-state index < -0.39 is 11.9 Å². The molecule has 1 aliphatic rings. The van der Waals surface area contributed by atoms with E-state index in [-0.39, 0.29) is 12.5 Å². The second-order valence-electron chi connectivity index (χ2n) is 5.98. The SMILES string of the molecule is Nc1ccc(C#CC#Cc2ccc(C(=O)N[C@@H]3CCN(O)C3=O)cc2)cc1. The summed E-state index contributed by atoms with van der Waals surface area (Å²) in [6.45, 7) is 0.218. The third-order valence-electron chi connectivity index (χ3n) is 4.02. The van der Waals surface area contributed by atoms with Gasteiger partial charge in [0, 0.05) is 22.4 Å². The molecule has 0 spiro atoms. The van der Waals surface area contributed by atoms with Crippen molar-refractivity contribution in [3.63, 3.8) is 0 Å². The Balaban J connectivity index is 1.60. The molecule has 1 atom stereocenters. The van der Waals surface area contributed by atoms with Gasteiger partial charge in [0.15, 0.2) is 0 Å². The molecule has 0 unspecified atom stereocenters. The van der Waals surface area contributed by atoms with Crippen molar-refractivity contribution < 1.29 is 14.8 Å². The van der Waals surface area contributed by atoms with E-state index in [2.05, 4.69) is 29.0 Å². The molecule has 0 radical (unpaired) electrons. The van der Waals surface area contributed by atoms with Crippen molar-refractivity contribution in [2.45, 2.75) is 12.5 Å². The van der Waals surface area contributed by atoms with E-state index in [0.29, 0.717) is 22.7 Å². The first kappa shape index (κ1) is 18.1. The fraction of sp³-hybridized carbons (Fsp3) is 0.143. The van der Waals surface area contributed by atoms with Gasteiger partial charge in [0.05, 0.1) is 6.54 Å². The van der Waals surface area contributed by atoms with E-state index in [1.54, 1.807) is 36.4 Å². The summed E-state index contributed by atoms with van der Waals surface area (Å²) in [6, 6.07) is 13.2. The lowest BCUT2D eigenvalue weighted by Gasteiger charge is -2.11. The first-order valence-electron chi connectivity index (χ1n) is 8.32. The van der Waals surface area contributed by atoms with Gasteiger partial charge in [-0.25, -0.2) is 5.06 Å². The van der Waals surface area contributed by atoms with Gasteiger partial charge in [0.2, 0.25) is 0 Å². The van der Waals surface area contributed by atoms with Gasteiger partial charge in [-0.1, -0.05) is 11.8 Å². The van der Waals surface area contributed by atoms with Crippen molar-refractivity contribution >= 4 is 17.5 Å². The lowest BCUT2D eigenvalue weighted by molar-refractivity contribution is -0.158. The fourth-order valence-corrected chi connectivity index (χ4v) is 2.52. The second-order valence-corrected chi connectivity index (χ2v) is 5.98. The minimum Gasteiger partial charge on any atom is -0.399 e. The molecular weight excluding hydrogens is 342 g/mol. The minimum absolute atomic E-state index is 0.218. The Labute approximate surface area is 156 Å². The largest absolute Gasteiger partial charge is 0.399 e. The van der Waals surface area contributed by atoms with Crippen molar-refractivity contribution in [3.8, 4) is 23.7 Å². The number of hydrogen-bond donors (Lipinski definition) is 3. The van der Waals surface area contributed by atoms with Crippen LogP contribution in [0.1, 0.15) is 27.9 Å². The molecule has 1 heterocycles. The molecule has 2 aromatic carbocycles. The van der Waals surface area contributed by atoms with Crippen LogP contribution in [0, 0.1) is 23.7 Å². The maximum absolute atomic E-state index is 12.2. The van der Waals surface area contributed by atoms with Gasteiger partial charge in [-0.05, 0) is 66.8 Å². The van der Waals surface area contributed by atoms with Gasteiger partial charge in [-0.2, -0.15) is 0 Å². The predicted octanol–water partition coefficient (Wildman–Crippen LogP) is 1.39. The molecule has 4 N–H and O–H groups in total. The zero-order valence-corrected chi connectivity index (χ0v) is 14.4. The Morgan fingerprint density at radius 1 is 1.04 bits per heavy atom. The highest BCUT2D eigenvalue weighted by molar-refractivity contribution is 5.97. The van der Waals surface area contributed by atoms with Gasteiger partial charge in [-0.3, -0.25) is 14.8 Å². The van der Waals surface area contributed by atoms with E-state index >= 15 is 0 Å². The minimum atomic E-state index is -0.689. The zero-order valence-electron chi connectivity index (χ0n) is 14.4. The van der Waals surface area contributed by atoms with Crippen LogP contribution in [0.3, 0.4) is 0 Å². The van der Waals surface area contributed by atoms with Crippen LogP contribution in [0.4, 0.5) is 5.69 Å². The highest BCUT2D eigenvalue weighted by Gasteiger charge is 2.32. The maximum Gasteiger partial charge on any atom is 0.268 e. The summed E-state index contributed by atoms with van der Waals surface area (Å²) >= 11 is 0. The third kappa shape index (κ3) is 4.66. The third-order valence-corrected chi connectivity index (χ3v) is 4.02. The molecule has 2 aromatic rings. The van der Waals surface area contributed by atoms with Crippen molar-refractivity contribution in [2.24, 2.45) is 0 Å². The molecule has 1 aliphatic heterocycles. The average Bonchev–Trinajstić information content (AvgIpc) is 2.99. The summed E-state index contributed by atoms with van der Waals surface area (Å²) < 4.78 is 0. The van der Waals surface area contributed by atoms with Crippen LogP contribution in [0.5, 0.6) is 0 Å². The van der Waals surface area contributed by atoms with Crippen LogP contribution in [0.25, 0.3) is 0 Å². The van der Waals surface area contributed by atoms with Crippen LogP contribution < -0.4 is 11.1 Å². The highest BCUT2D eigenvalue weighted by Crippen LogP contribution is 2.10.